The number of aliphatic carboxylic acids is 1. The second-order valence-electron chi connectivity index (χ2n) is 7.19. The number of rotatable bonds is 6. The number of hydrogen-bond donors (Lipinski definition) is 3. The predicted octanol–water partition coefficient (Wildman–Crippen LogP) is 0.708. The fraction of sp³-hybridized carbons (Fsp3) is 0.444. The molecule has 3 aliphatic rings. The highest BCUT2D eigenvalue weighted by molar-refractivity contribution is 8.00. The molecule has 0 radical (unpaired) electrons. The summed E-state index contributed by atoms with van der Waals surface area (Å²) in [6, 6.07) is -0.893. The average Bonchev–Trinajstić information content (AvgIpc) is 3.18. The molecule has 0 bridgehead atoms. The van der Waals surface area contributed by atoms with Gasteiger partial charge in [-0.25, -0.2) is 4.79 Å². The summed E-state index contributed by atoms with van der Waals surface area (Å²) >= 11 is 2.29. The number of hydrogen-bond acceptors (Lipinski definition) is 10. The van der Waals surface area contributed by atoms with E-state index in [1.807, 2.05) is 12.2 Å². The van der Waals surface area contributed by atoms with Gasteiger partial charge >= 0.3 is 5.97 Å². The second kappa shape index (κ2) is 8.67. The number of anilines is 1. The van der Waals surface area contributed by atoms with Crippen molar-refractivity contribution in [2.45, 2.75) is 43.7 Å². The van der Waals surface area contributed by atoms with Crippen LogP contribution >= 0.6 is 23.3 Å². The number of nitrogen functional groups attached to an aromatic ring is 1. The molecule has 1 saturated heterocycles. The smallest absolute Gasteiger partial charge is 0.352 e. The number of fused-ring (bicyclic) bond motifs is 1. The van der Waals surface area contributed by atoms with E-state index in [1.165, 1.54) is 16.7 Å². The topological polar surface area (TPSA) is 160 Å². The maximum atomic E-state index is 13.0. The van der Waals surface area contributed by atoms with E-state index < -0.39 is 29.2 Å². The van der Waals surface area contributed by atoms with Crippen LogP contribution in [0.25, 0.3) is 0 Å². The van der Waals surface area contributed by atoms with Crippen molar-refractivity contribution in [3.63, 3.8) is 0 Å². The lowest BCUT2D eigenvalue weighted by atomic mass is 10.0. The molecule has 31 heavy (non-hydrogen) atoms. The highest BCUT2D eigenvalue weighted by atomic mass is 32.2. The lowest BCUT2D eigenvalue weighted by molar-refractivity contribution is -0.150. The van der Waals surface area contributed by atoms with Crippen LogP contribution in [0.3, 0.4) is 0 Å². The molecule has 13 heteroatoms. The van der Waals surface area contributed by atoms with Gasteiger partial charge in [-0.3, -0.25) is 14.5 Å². The van der Waals surface area contributed by atoms with Crippen LogP contribution in [0.4, 0.5) is 5.13 Å². The van der Waals surface area contributed by atoms with Crippen molar-refractivity contribution in [2.75, 3.05) is 11.5 Å². The first kappa shape index (κ1) is 21.3. The van der Waals surface area contributed by atoms with Gasteiger partial charge in [0.15, 0.2) is 5.13 Å². The van der Waals surface area contributed by atoms with Crippen molar-refractivity contribution in [3.05, 3.63) is 29.2 Å². The molecule has 1 fully saturated rings. The van der Waals surface area contributed by atoms with Crippen LogP contribution in [0.5, 0.6) is 0 Å². The zero-order chi connectivity index (χ0) is 22.1. The summed E-state index contributed by atoms with van der Waals surface area (Å²) in [5, 5.41) is 15.7. The number of allylic oxidation sites excluding steroid dienone is 1. The zero-order valence-electron chi connectivity index (χ0n) is 16.5. The van der Waals surface area contributed by atoms with Crippen LogP contribution in [0.1, 0.15) is 32.0 Å². The van der Waals surface area contributed by atoms with Crippen LogP contribution < -0.4 is 11.1 Å². The molecule has 1 aromatic rings. The SMILES string of the molecule is CC1=C(C(=O)O)N2C(=O)C(NC(=O)C(=NOC3C=CCCC3)c3nsc(N)n3)[C@H]2SC1. The van der Waals surface area contributed by atoms with E-state index in [9.17, 15) is 19.5 Å². The van der Waals surface area contributed by atoms with Crippen molar-refractivity contribution in [1.82, 2.24) is 19.6 Å². The molecule has 0 aromatic carbocycles. The number of oxime groups is 1. The number of nitrogens with zero attached hydrogens (tertiary/aromatic N) is 4. The minimum Gasteiger partial charge on any atom is -0.477 e. The van der Waals surface area contributed by atoms with E-state index in [1.54, 1.807) is 6.92 Å². The number of nitrogens with two attached hydrogens (primary N) is 1. The third-order valence-electron chi connectivity index (χ3n) is 5.01. The van der Waals surface area contributed by atoms with E-state index in [4.69, 9.17) is 10.6 Å². The van der Waals surface area contributed by atoms with Gasteiger partial charge in [0.2, 0.25) is 11.5 Å². The second-order valence-corrected chi connectivity index (χ2v) is 9.08. The Bertz CT molecular complexity index is 1020. The molecule has 11 nitrogen and oxygen atoms in total. The molecule has 1 aliphatic carbocycles. The molecule has 164 valence electrons. The Balaban J connectivity index is 1.52. The highest BCUT2D eigenvalue weighted by Crippen LogP contribution is 2.40. The number of carboxylic acids is 1. The fourth-order valence-corrected chi connectivity index (χ4v) is 5.22. The Morgan fingerprint density at radius 2 is 2.26 bits per heavy atom. The Morgan fingerprint density at radius 3 is 2.90 bits per heavy atom. The third-order valence-corrected chi connectivity index (χ3v) is 6.97. The van der Waals surface area contributed by atoms with Crippen molar-refractivity contribution in [1.29, 1.82) is 0 Å². The van der Waals surface area contributed by atoms with Gasteiger partial charge in [-0.05, 0) is 37.8 Å². The molecule has 0 spiro atoms. The number of thioether (sulfide) groups is 1. The third kappa shape index (κ3) is 4.14. The first-order valence-electron chi connectivity index (χ1n) is 9.55. The van der Waals surface area contributed by atoms with Crippen molar-refractivity contribution >= 4 is 51.9 Å². The number of amides is 2. The summed E-state index contributed by atoms with van der Waals surface area (Å²) in [6.45, 7) is 1.67. The van der Waals surface area contributed by atoms with Gasteiger partial charge in [-0.1, -0.05) is 11.2 Å². The molecule has 1 aromatic heterocycles. The van der Waals surface area contributed by atoms with E-state index in [0.29, 0.717) is 11.3 Å². The van der Waals surface area contributed by atoms with E-state index in [-0.39, 0.29) is 28.5 Å². The molecule has 2 amide bonds. The average molecular weight is 465 g/mol. The molecule has 0 saturated carbocycles. The normalized spacial score (nSPS) is 25.7. The van der Waals surface area contributed by atoms with Crippen LogP contribution in [0.2, 0.25) is 0 Å². The lowest BCUT2D eigenvalue weighted by Gasteiger charge is -2.49. The molecule has 4 rings (SSSR count). The number of carboxylic acid groups (broad SMARTS) is 1. The summed E-state index contributed by atoms with van der Waals surface area (Å²) < 4.78 is 4.03. The van der Waals surface area contributed by atoms with Crippen LogP contribution in [-0.4, -0.2) is 66.1 Å². The summed E-state index contributed by atoms with van der Waals surface area (Å²) in [6.07, 6.45) is 6.27. The monoisotopic (exact) mass is 464 g/mol. The maximum absolute atomic E-state index is 13.0. The van der Waals surface area contributed by atoms with Crippen molar-refractivity contribution in [3.8, 4) is 0 Å². The summed E-state index contributed by atoms with van der Waals surface area (Å²) in [4.78, 5) is 47.8. The van der Waals surface area contributed by atoms with Gasteiger partial charge < -0.3 is 21.0 Å². The molecule has 3 heterocycles. The van der Waals surface area contributed by atoms with Gasteiger partial charge in [0, 0.05) is 17.3 Å². The predicted molar refractivity (Wildman–Crippen MR) is 114 cm³/mol. The lowest BCUT2D eigenvalue weighted by Crippen LogP contribution is -2.71. The Hall–Kier alpha value is -2.93. The van der Waals surface area contributed by atoms with Crippen LogP contribution in [-0.2, 0) is 19.2 Å². The minimum atomic E-state index is -1.17. The number of nitrogens with one attached hydrogen (secondary N) is 1. The molecular formula is C18H20N6O5S2. The van der Waals surface area contributed by atoms with Crippen molar-refractivity contribution < 1.29 is 24.3 Å². The highest BCUT2D eigenvalue weighted by Gasteiger charge is 2.54. The molecule has 3 atom stereocenters. The number of aromatic nitrogens is 2. The minimum absolute atomic E-state index is 0.00156. The van der Waals surface area contributed by atoms with E-state index in [0.717, 1.165) is 30.8 Å². The summed E-state index contributed by atoms with van der Waals surface area (Å²) in [5.41, 5.74) is 6.02. The fourth-order valence-electron chi connectivity index (χ4n) is 3.49. The summed E-state index contributed by atoms with van der Waals surface area (Å²) in [5.74, 6) is -1.91. The first-order chi connectivity index (χ1) is 14.9. The number of carbonyl (C=O) groups is 3. The van der Waals surface area contributed by atoms with Gasteiger partial charge in [-0.15, -0.1) is 11.8 Å². The molecule has 2 aliphatic heterocycles. The maximum Gasteiger partial charge on any atom is 0.352 e. The van der Waals surface area contributed by atoms with Crippen molar-refractivity contribution in [2.24, 2.45) is 5.16 Å². The largest absolute Gasteiger partial charge is 0.477 e. The quantitative estimate of drug-likeness (QED) is 0.238. The van der Waals surface area contributed by atoms with E-state index >= 15 is 0 Å². The summed E-state index contributed by atoms with van der Waals surface area (Å²) in [7, 11) is 0. The van der Waals surface area contributed by atoms with E-state index in [2.05, 4.69) is 19.8 Å². The number of carbonyl (C=O) groups excluding carboxylic acids is 2. The van der Waals surface area contributed by atoms with Gasteiger partial charge in [0.1, 0.15) is 23.2 Å². The zero-order valence-corrected chi connectivity index (χ0v) is 18.1. The standard InChI is InChI=1S/C18H20N6O5S2/c1-8-7-30-16-11(15(26)24(16)12(8)17(27)28)20-14(25)10(13-21-18(19)31-23-13)22-29-9-5-3-2-4-6-9/h3,5,9,11,16H,2,4,6-7H2,1H3,(H,20,25)(H,27,28)(H2,19,21,23)/t9?,11?,16-/m1/s1. The van der Waals surface area contributed by atoms with Crippen LogP contribution in [0.15, 0.2) is 28.6 Å². The molecular weight excluding hydrogens is 444 g/mol. The molecule has 4 N–H and O–H groups in total. The van der Waals surface area contributed by atoms with Gasteiger partial charge in [0.05, 0.1) is 0 Å². The molecule has 2 unspecified atom stereocenters. The van der Waals surface area contributed by atoms with Gasteiger partial charge in [-0.2, -0.15) is 9.36 Å². The first-order valence-corrected chi connectivity index (χ1v) is 11.4. The Kier molecular flexibility index (Phi) is 5.96. The van der Waals surface area contributed by atoms with Crippen LogP contribution in [0, 0.1) is 0 Å². The Morgan fingerprint density at radius 1 is 1.45 bits per heavy atom. The Labute approximate surface area is 185 Å². The van der Waals surface area contributed by atoms with Gasteiger partial charge in [0.25, 0.3) is 11.8 Å². The number of β-lactam (4-membered cyclic amide) rings is 1.